The highest BCUT2D eigenvalue weighted by Crippen LogP contribution is 2.29. The maximum absolute atomic E-state index is 5.96. The quantitative estimate of drug-likeness (QED) is 0.757. The predicted octanol–water partition coefficient (Wildman–Crippen LogP) is 5.25. The molecule has 2 heterocycles. The van der Waals surface area contributed by atoms with E-state index in [1.54, 1.807) is 11.3 Å². The summed E-state index contributed by atoms with van der Waals surface area (Å²) in [6.45, 7) is 6.25. The number of thiophene rings is 1. The Bertz CT molecular complexity index is 571. The van der Waals surface area contributed by atoms with Gasteiger partial charge < -0.3 is 5.32 Å². The fraction of sp³-hybridized carbons (Fsp3) is 0.385. The number of hydrogen-bond acceptors (Lipinski definition) is 4. The summed E-state index contributed by atoms with van der Waals surface area (Å²) in [5, 5.41) is 3.38. The summed E-state index contributed by atoms with van der Waals surface area (Å²) in [6, 6.07) is 6.00. The van der Waals surface area contributed by atoms with Crippen LogP contribution in [-0.4, -0.2) is 9.97 Å². The number of halogens is 2. The minimum Gasteiger partial charge on any atom is -0.363 e. The lowest BCUT2D eigenvalue weighted by Crippen LogP contribution is -2.09. The molecular formula is C13H15BrClN3S. The molecule has 0 saturated heterocycles. The van der Waals surface area contributed by atoms with Gasteiger partial charge in [0.2, 0.25) is 0 Å². The Morgan fingerprint density at radius 1 is 1.26 bits per heavy atom. The molecule has 6 heteroatoms. The second kappa shape index (κ2) is 6.20. The Hall–Kier alpha value is -0.650. The van der Waals surface area contributed by atoms with E-state index >= 15 is 0 Å². The SMILES string of the molecule is CC(C)c1nc(Br)cc(NC(C)c2ccc(Cl)s2)n1. The van der Waals surface area contributed by atoms with Gasteiger partial charge >= 0.3 is 0 Å². The van der Waals surface area contributed by atoms with Gasteiger partial charge in [-0.3, -0.25) is 0 Å². The van der Waals surface area contributed by atoms with Crippen molar-refractivity contribution in [2.45, 2.75) is 32.7 Å². The summed E-state index contributed by atoms with van der Waals surface area (Å²) in [5.41, 5.74) is 0. The van der Waals surface area contributed by atoms with E-state index in [1.807, 2.05) is 18.2 Å². The number of nitrogens with zero attached hydrogens (tertiary/aromatic N) is 2. The third-order valence-electron chi connectivity index (χ3n) is 2.61. The summed E-state index contributed by atoms with van der Waals surface area (Å²) in [6.07, 6.45) is 0. The van der Waals surface area contributed by atoms with Gasteiger partial charge in [-0.15, -0.1) is 11.3 Å². The molecule has 102 valence electrons. The molecule has 0 fully saturated rings. The Labute approximate surface area is 130 Å². The highest BCUT2D eigenvalue weighted by atomic mass is 79.9. The molecule has 0 saturated carbocycles. The van der Waals surface area contributed by atoms with Crippen LogP contribution in [0.15, 0.2) is 22.8 Å². The molecule has 0 spiro atoms. The lowest BCUT2D eigenvalue weighted by atomic mass is 10.2. The van der Waals surface area contributed by atoms with Gasteiger partial charge in [-0.05, 0) is 35.0 Å². The molecule has 19 heavy (non-hydrogen) atoms. The van der Waals surface area contributed by atoms with Crippen molar-refractivity contribution in [3.63, 3.8) is 0 Å². The van der Waals surface area contributed by atoms with Crippen LogP contribution in [0.4, 0.5) is 5.82 Å². The van der Waals surface area contributed by atoms with E-state index in [-0.39, 0.29) is 6.04 Å². The maximum Gasteiger partial charge on any atom is 0.134 e. The fourth-order valence-corrected chi connectivity index (χ4v) is 3.08. The molecule has 0 aromatic carbocycles. The van der Waals surface area contributed by atoms with Crippen molar-refractivity contribution in [3.05, 3.63) is 37.8 Å². The van der Waals surface area contributed by atoms with E-state index in [9.17, 15) is 0 Å². The average molecular weight is 361 g/mol. The molecule has 2 aromatic rings. The monoisotopic (exact) mass is 359 g/mol. The molecule has 1 N–H and O–H groups in total. The van der Waals surface area contributed by atoms with Gasteiger partial charge in [0.05, 0.1) is 10.4 Å². The van der Waals surface area contributed by atoms with Gasteiger partial charge in [0.25, 0.3) is 0 Å². The smallest absolute Gasteiger partial charge is 0.134 e. The Morgan fingerprint density at radius 3 is 2.58 bits per heavy atom. The van der Waals surface area contributed by atoms with Crippen molar-refractivity contribution in [2.24, 2.45) is 0 Å². The molecule has 0 aliphatic carbocycles. The second-order valence-electron chi connectivity index (χ2n) is 4.60. The first kappa shape index (κ1) is 14.8. The zero-order valence-electron chi connectivity index (χ0n) is 10.9. The third-order valence-corrected chi connectivity index (χ3v) is 4.43. The lowest BCUT2D eigenvalue weighted by molar-refractivity contribution is 0.764. The molecule has 0 aliphatic heterocycles. The molecule has 0 radical (unpaired) electrons. The van der Waals surface area contributed by atoms with Crippen LogP contribution in [0.2, 0.25) is 4.34 Å². The first-order valence-corrected chi connectivity index (χ1v) is 8.00. The van der Waals surface area contributed by atoms with Gasteiger partial charge in [0.15, 0.2) is 0 Å². The van der Waals surface area contributed by atoms with E-state index in [0.717, 1.165) is 20.6 Å². The van der Waals surface area contributed by atoms with Gasteiger partial charge in [-0.25, -0.2) is 9.97 Å². The van der Waals surface area contributed by atoms with Crippen LogP contribution in [0.25, 0.3) is 0 Å². The van der Waals surface area contributed by atoms with Crippen molar-refractivity contribution >= 4 is 44.7 Å². The molecule has 1 unspecified atom stereocenters. The third kappa shape index (κ3) is 3.91. The van der Waals surface area contributed by atoms with Gasteiger partial charge in [0.1, 0.15) is 16.2 Å². The Morgan fingerprint density at radius 2 is 2.00 bits per heavy atom. The molecule has 3 nitrogen and oxygen atoms in total. The number of nitrogens with one attached hydrogen (secondary N) is 1. The predicted molar refractivity (Wildman–Crippen MR) is 85.2 cm³/mol. The van der Waals surface area contributed by atoms with Crippen LogP contribution in [0.1, 0.15) is 43.4 Å². The number of anilines is 1. The maximum atomic E-state index is 5.96. The molecule has 0 bridgehead atoms. The van der Waals surface area contributed by atoms with Crippen molar-refractivity contribution in [1.29, 1.82) is 0 Å². The van der Waals surface area contributed by atoms with Gasteiger partial charge in [0, 0.05) is 16.9 Å². The summed E-state index contributed by atoms with van der Waals surface area (Å²) < 4.78 is 1.60. The van der Waals surface area contributed by atoms with Crippen LogP contribution >= 0.6 is 38.9 Å². The second-order valence-corrected chi connectivity index (χ2v) is 7.16. The average Bonchev–Trinajstić information content (AvgIpc) is 2.75. The van der Waals surface area contributed by atoms with E-state index < -0.39 is 0 Å². The number of aromatic nitrogens is 2. The molecular weight excluding hydrogens is 346 g/mol. The number of rotatable bonds is 4. The van der Waals surface area contributed by atoms with Crippen molar-refractivity contribution < 1.29 is 0 Å². The zero-order chi connectivity index (χ0) is 14.0. The Balaban J connectivity index is 2.18. The van der Waals surface area contributed by atoms with Crippen LogP contribution < -0.4 is 5.32 Å². The zero-order valence-corrected chi connectivity index (χ0v) is 14.1. The molecule has 1 atom stereocenters. The molecule has 2 aromatic heterocycles. The molecule has 2 rings (SSSR count). The first-order chi connectivity index (χ1) is 8.95. The first-order valence-electron chi connectivity index (χ1n) is 6.02. The lowest BCUT2D eigenvalue weighted by Gasteiger charge is -2.14. The number of hydrogen-bond donors (Lipinski definition) is 1. The largest absolute Gasteiger partial charge is 0.363 e. The van der Waals surface area contributed by atoms with Crippen LogP contribution in [0.5, 0.6) is 0 Å². The van der Waals surface area contributed by atoms with E-state index in [4.69, 9.17) is 11.6 Å². The molecule has 0 amide bonds. The highest BCUT2D eigenvalue weighted by molar-refractivity contribution is 9.10. The summed E-state index contributed by atoms with van der Waals surface area (Å²) >= 11 is 11.0. The summed E-state index contributed by atoms with van der Waals surface area (Å²) in [4.78, 5) is 10.1. The standard InChI is InChI=1S/C13H15BrClN3S/c1-7(2)13-17-10(14)6-12(18-13)16-8(3)9-4-5-11(15)19-9/h4-8H,1-3H3,(H,16,17,18). The van der Waals surface area contributed by atoms with Crippen LogP contribution in [0, 0.1) is 0 Å². The summed E-state index contributed by atoms with van der Waals surface area (Å²) in [7, 11) is 0. The summed E-state index contributed by atoms with van der Waals surface area (Å²) in [5.74, 6) is 1.94. The minimum atomic E-state index is 0.166. The Kier molecular flexibility index (Phi) is 4.81. The van der Waals surface area contributed by atoms with Gasteiger partial charge in [-0.1, -0.05) is 25.4 Å². The van der Waals surface area contributed by atoms with Crippen molar-refractivity contribution in [2.75, 3.05) is 5.32 Å². The highest BCUT2D eigenvalue weighted by Gasteiger charge is 2.11. The minimum absolute atomic E-state index is 0.166. The topological polar surface area (TPSA) is 37.8 Å². The van der Waals surface area contributed by atoms with Gasteiger partial charge in [-0.2, -0.15) is 0 Å². The normalized spacial score (nSPS) is 12.7. The van der Waals surface area contributed by atoms with E-state index in [1.165, 1.54) is 4.88 Å². The van der Waals surface area contributed by atoms with E-state index in [2.05, 4.69) is 52.0 Å². The fourth-order valence-electron chi connectivity index (χ4n) is 1.62. The van der Waals surface area contributed by atoms with Crippen LogP contribution in [0.3, 0.4) is 0 Å². The van der Waals surface area contributed by atoms with Crippen molar-refractivity contribution in [1.82, 2.24) is 9.97 Å². The van der Waals surface area contributed by atoms with Crippen molar-refractivity contribution in [3.8, 4) is 0 Å². The van der Waals surface area contributed by atoms with E-state index in [0.29, 0.717) is 5.92 Å². The van der Waals surface area contributed by atoms with Crippen LogP contribution in [-0.2, 0) is 0 Å². The molecule has 0 aliphatic rings.